The van der Waals surface area contributed by atoms with Gasteiger partial charge in [-0.1, -0.05) is 6.07 Å². The maximum Gasteiger partial charge on any atom is 0.219 e. The number of pyridine rings is 1. The van der Waals surface area contributed by atoms with Gasteiger partial charge < -0.3 is 20.1 Å². The average Bonchev–Trinajstić information content (AvgIpc) is 2.66. The zero-order valence-corrected chi connectivity index (χ0v) is 15.7. The average molecular weight is 366 g/mol. The third-order valence-corrected chi connectivity index (χ3v) is 4.81. The van der Waals surface area contributed by atoms with E-state index in [0.717, 1.165) is 27.9 Å². The Balaban J connectivity index is 2.23. The van der Waals surface area contributed by atoms with E-state index in [2.05, 4.69) is 11.1 Å². The minimum absolute atomic E-state index is 0.00302. The summed E-state index contributed by atoms with van der Waals surface area (Å²) in [4.78, 5) is 18.1. The van der Waals surface area contributed by atoms with Crippen LogP contribution in [0.4, 0.5) is 5.82 Å². The van der Waals surface area contributed by atoms with Gasteiger partial charge in [0.05, 0.1) is 19.4 Å². The van der Waals surface area contributed by atoms with E-state index in [1.165, 1.54) is 0 Å². The molecule has 2 N–H and O–H groups in total. The third-order valence-electron chi connectivity index (χ3n) is 4.81. The van der Waals surface area contributed by atoms with Gasteiger partial charge in [-0.2, -0.15) is 5.26 Å². The number of methoxy groups -OCH3 is 2. The molecule has 0 bridgehead atoms. The highest BCUT2D eigenvalue weighted by molar-refractivity contribution is 5.81. The number of nitrogens with two attached hydrogens (primary N) is 1. The normalized spacial score (nSPS) is 13.0. The van der Waals surface area contributed by atoms with Gasteiger partial charge in [0.25, 0.3) is 0 Å². The van der Waals surface area contributed by atoms with E-state index >= 15 is 0 Å². The first-order valence-electron chi connectivity index (χ1n) is 8.63. The molecule has 1 aromatic carbocycles. The highest BCUT2D eigenvalue weighted by atomic mass is 16.5. The van der Waals surface area contributed by atoms with Crippen LogP contribution in [-0.4, -0.2) is 36.6 Å². The lowest BCUT2D eigenvalue weighted by atomic mass is 9.90. The summed E-state index contributed by atoms with van der Waals surface area (Å²) in [7, 11) is 3.22. The number of nitriles is 1. The molecule has 0 fully saturated rings. The standard InChI is InChI=1S/C20H22N4O3/c1-12(25)24-7-6-17-16(10-24)19(15(9-21)20(22)23-17)13-4-5-18(27-3)14(8-13)11-26-2/h4-5,8H,6-7,10-11H2,1-3H3,(H2,22,23). The summed E-state index contributed by atoms with van der Waals surface area (Å²) in [5, 5.41) is 9.71. The second-order valence-electron chi connectivity index (χ2n) is 6.43. The third kappa shape index (κ3) is 3.44. The van der Waals surface area contributed by atoms with Gasteiger partial charge in [0, 0.05) is 50.2 Å². The Hall–Kier alpha value is -3.11. The van der Waals surface area contributed by atoms with Crippen molar-refractivity contribution in [2.75, 3.05) is 26.5 Å². The molecule has 0 aliphatic carbocycles. The summed E-state index contributed by atoms with van der Waals surface area (Å²) in [6, 6.07) is 7.85. The molecular weight excluding hydrogens is 344 g/mol. The van der Waals surface area contributed by atoms with Crippen molar-refractivity contribution in [1.82, 2.24) is 9.88 Å². The van der Waals surface area contributed by atoms with E-state index in [9.17, 15) is 10.1 Å². The quantitative estimate of drug-likeness (QED) is 0.891. The predicted molar refractivity (Wildman–Crippen MR) is 101 cm³/mol. The molecule has 27 heavy (non-hydrogen) atoms. The maximum absolute atomic E-state index is 11.9. The van der Waals surface area contributed by atoms with Gasteiger partial charge in [-0.05, 0) is 17.7 Å². The van der Waals surface area contributed by atoms with Crippen LogP contribution in [0.25, 0.3) is 11.1 Å². The first-order valence-corrected chi connectivity index (χ1v) is 8.63. The second kappa shape index (κ2) is 7.64. The van der Waals surface area contributed by atoms with Gasteiger partial charge in [0.1, 0.15) is 23.2 Å². The number of ether oxygens (including phenoxy) is 2. The number of amides is 1. The van der Waals surface area contributed by atoms with Crippen molar-refractivity contribution in [3.05, 3.63) is 40.6 Å². The molecular formula is C20H22N4O3. The molecule has 140 valence electrons. The minimum atomic E-state index is -0.00302. The molecule has 0 radical (unpaired) electrons. The molecule has 2 heterocycles. The number of hydrogen-bond acceptors (Lipinski definition) is 6. The van der Waals surface area contributed by atoms with Crippen molar-refractivity contribution in [1.29, 1.82) is 5.26 Å². The molecule has 7 heteroatoms. The van der Waals surface area contributed by atoms with E-state index in [-0.39, 0.29) is 11.7 Å². The van der Waals surface area contributed by atoms with Crippen LogP contribution in [0.2, 0.25) is 0 Å². The Morgan fingerprint density at radius 1 is 1.41 bits per heavy atom. The number of fused-ring (bicyclic) bond motifs is 1. The zero-order valence-electron chi connectivity index (χ0n) is 15.7. The highest BCUT2D eigenvalue weighted by Gasteiger charge is 2.26. The molecule has 0 unspecified atom stereocenters. The first-order chi connectivity index (χ1) is 13.0. The van der Waals surface area contributed by atoms with E-state index in [0.29, 0.717) is 37.4 Å². The number of nitrogens with zero attached hydrogens (tertiary/aromatic N) is 3. The van der Waals surface area contributed by atoms with Crippen LogP contribution < -0.4 is 10.5 Å². The molecule has 0 atom stereocenters. The summed E-state index contributed by atoms with van der Waals surface area (Å²) in [6.07, 6.45) is 0.610. The largest absolute Gasteiger partial charge is 0.496 e. The van der Waals surface area contributed by atoms with Crippen molar-refractivity contribution in [2.24, 2.45) is 0 Å². The monoisotopic (exact) mass is 366 g/mol. The number of aromatic nitrogens is 1. The van der Waals surface area contributed by atoms with Crippen molar-refractivity contribution < 1.29 is 14.3 Å². The van der Waals surface area contributed by atoms with Crippen molar-refractivity contribution in [3.63, 3.8) is 0 Å². The number of hydrogen-bond donors (Lipinski definition) is 1. The van der Waals surface area contributed by atoms with Crippen molar-refractivity contribution in [3.8, 4) is 22.9 Å². The lowest BCUT2D eigenvalue weighted by Gasteiger charge is -2.30. The molecule has 1 amide bonds. The van der Waals surface area contributed by atoms with Crippen LogP contribution in [0.5, 0.6) is 5.75 Å². The fourth-order valence-corrected chi connectivity index (χ4v) is 3.48. The summed E-state index contributed by atoms with van der Waals surface area (Å²) in [5.41, 5.74) is 10.5. The van der Waals surface area contributed by atoms with Crippen LogP contribution in [0.3, 0.4) is 0 Å². The number of carbonyl (C=O) groups is 1. The van der Waals surface area contributed by atoms with E-state index in [4.69, 9.17) is 15.2 Å². The fourth-order valence-electron chi connectivity index (χ4n) is 3.48. The number of nitrogen functional groups attached to an aromatic ring is 1. The Bertz CT molecular complexity index is 934. The van der Waals surface area contributed by atoms with Gasteiger partial charge >= 0.3 is 0 Å². The zero-order chi connectivity index (χ0) is 19.6. The maximum atomic E-state index is 11.9. The lowest BCUT2D eigenvalue weighted by Crippen LogP contribution is -2.35. The van der Waals surface area contributed by atoms with Crippen LogP contribution in [-0.2, 0) is 29.1 Å². The van der Waals surface area contributed by atoms with Crippen LogP contribution in [0, 0.1) is 11.3 Å². The molecule has 0 spiro atoms. The molecule has 1 aliphatic rings. The molecule has 2 aromatic rings. The minimum Gasteiger partial charge on any atom is -0.496 e. The smallest absolute Gasteiger partial charge is 0.219 e. The SMILES string of the molecule is COCc1cc(-c2c(C#N)c(N)nc3c2CN(C(C)=O)CC3)ccc1OC. The van der Waals surface area contributed by atoms with Crippen LogP contribution in [0.1, 0.15) is 29.3 Å². The van der Waals surface area contributed by atoms with Crippen molar-refractivity contribution in [2.45, 2.75) is 26.5 Å². The van der Waals surface area contributed by atoms with Crippen LogP contribution in [0.15, 0.2) is 18.2 Å². The van der Waals surface area contributed by atoms with Crippen molar-refractivity contribution >= 4 is 11.7 Å². The number of benzene rings is 1. The first kappa shape index (κ1) is 18.7. The molecule has 1 aromatic heterocycles. The molecule has 1 aliphatic heterocycles. The topological polar surface area (TPSA) is 101 Å². The van der Waals surface area contributed by atoms with Gasteiger partial charge in [0.2, 0.25) is 5.91 Å². The lowest BCUT2D eigenvalue weighted by molar-refractivity contribution is -0.129. The van der Waals surface area contributed by atoms with Gasteiger partial charge in [-0.25, -0.2) is 4.98 Å². The molecule has 0 saturated heterocycles. The number of carbonyl (C=O) groups excluding carboxylic acids is 1. The second-order valence-corrected chi connectivity index (χ2v) is 6.43. The van der Waals surface area contributed by atoms with E-state index < -0.39 is 0 Å². The van der Waals surface area contributed by atoms with Gasteiger partial charge in [0.15, 0.2) is 0 Å². The summed E-state index contributed by atoms with van der Waals surface area (Å²) in [6.45, 7) is 2.93. The Kier molecular flexibility index (Phi) is 5.28. The summed E-state index contributed by atoms with van der Waals surface area (Å²) in [5.74, 6) is 0.920. The summed E-state index contributed by atoms with van der Waals surface area (Å²) >= 11 is 0. The highest BCUT2D eigenvalue weighted by Crippen LogP contribution is 2.37. The number of anilines is 1. The van der Waals surface area contributed by atoms with Crippen LogP contribution >= 0.6 is 0 Å². The Labute approximate surface area is 158 Å². The molecule has 7 nitrogen and oxygen atoms in total. The van der Waals surface area contributed by atoms with Gasteiger partial charge in [-0.3, -0.25) is 4.79 Å². The Morgan fingerprint density at radius 3 is 2.81 bits per heavy atom. The summed E-state index contributed by atoms with van der Waals surface area (Å²) < 4.78 is 10.7. The predicted octanol–water partition coefficient (Wildman–Crippen LogP) is 2.26. The van der Waals surface area contributed by atoms with E-state index in [1.54, 1.807) is 26.0 Å². The van der Waals surface area contributed by atoms with Gasteiger partial charge in [-0.15, -0.1) is 0 Å². The van der Waals surface area contributed by atoms with E-state index in [1.807, 2.05) is 18.2 Å². The molecule has 0 saturated carbocycles. The number of rotatable bonds is 4. The Morgan fingerprint density at radius 2 is 2.19 bits per heavy atom. The fraction of sp³-hybridized carbons (Fsp3) is 0.350. The molecule has 3 rings (SSSR count).